The summed E-state index contributed by atoms with van der Waals surface area (Å²) in [6.07, 6.45) is -4.68. The summed E-state index contributed by atoms with van der Waals surface area (Å²) in [7, 11) is 0. The van der Waals surface area contributed by atoms with Gasteiger partial charge in [0, 0.05) is 28.6 Å². The minimum atomic E-state index is -4.68. The van der Waals surface area contributed by atoms with E-state index in [9.17, 15) is 18.0 Å². The number of aryl methyl sites for hydroxylation is 1. The number of alkyl halides is 3. The molecule has 0 spiro atoms. The van der Waals surface area contributed by atoms with Crippen LogP contribution in [0.5, 0.6) is 17.2 Å². The van der Waals surface area contributed by atoms with Crippen LogP contribution < -0.4 is 19.8 Å². The predicted octanol–water partition coefficient (Wildman–Crippen LogP) is 5.08. The topological polar surface area (TPSA) is 57.9 Å². The van der Waals surface area contributed by atoms with E-state index in [2.05, 4.69) is 0 Å². The molecule has 0 aliphatic carbocycles. The molecule has 0 unspecified atom stereocenters. The van der Waals surface area contributed by atoms with E-state index in [4.69, 9.17) is 30.2 Å². The van der Waals surface area contributed by atoms with Crippen molar-refractivity contribution in [2.45, 2.75) is 19.7 Å². The number of benzene rings is 2. The van der Waals surface area contributed by atoms with Gasteiger partial charge in [0.05, 0.1) is 10.6 Å². The molecule has 1 aliphatic heterocycles. The molecule has 1 aromatic heterocycles. The maximum atomic E-state index is 13.2. The third-order valence-electron chi connectivity index (χ3n) is 4.34. The molecule has 5 nitrogen and oxygen atoms in total. The lowest BCUT2D eigenvalue weighted by Crippen LogP contribution is -2.11. The molecule has 146 valence electrons. The van der Waals surface area contributed by atoms with E-state index in [0.717, 1.165) is 0 Å². The molecule has 0 radical (unpaired) electrons. The van der Waals surface area contributed by atoms with Gasteiger partial charge in [0.25, 0.3) is 0 Å². The largest absolute Gasteiger partial charge is 0.488 e. The second-order valence-electron chi connectivity index (χ2n) is 6.13. The Labute approximate surface area is 161 Å². The Kier molecular flexibility index (Phi) is 4.38. The second kappa shape index (κ2) is 6.63. The van der Waals surface area contributed by atoms with Crippen molar-refractivity contribution in [3.8, 4) is 17.2 Å². The Morgan fingerprint density at radius 2 is 1.86 bits per heavy atom. The summed E-state index contributed by atoms with van der Waals surface area (Å²) >= 11 is 6.20. The minimum Gasteiger partial charge on any atom is -0.488 e. The normalized spacial score (nSPS) is 13.2. The average molecular weight is 413 g/mol. The van der Waals surface area contributed by atoms with Crippen molar-refractivity contribution in [2.24, 2.45) is 0 Å². The summed E-state index contributed by atoms with van der Waals surface area (Å²) in [4.78, 5) is 11.6. The molecule has 2 heterocycles. The first-order valence-electron chi connectivity index (χ1n) is 8.09. The van der Waals surface area contributed by atoms with Crippen LogP contribution in [0.15, 0.2) is 39.5 Å². The highest BCUT2D eigenvalue weighted by Gasteiger charge is 2.34. The van der Waals surface area contributed by atoms with Crippen LogP contribution in [0.2, 0.25) is 5.02 Å². The van der Waals surface area contributed by atoms with Crippen molar-refractivity contribution in [2.75, 3.05) is 6.79 Å². The van der Waals surface area contributed by atoms with Crippen molar-refractivity contribution < 1.29 is 31.8 Å². The molecular formula is C19H12ClF3O5. The van der Waals surface area contributed by atoms with Crippen molar-refractivity contribution >= 4 is 22.6 Å². The van der Waals surface area contributed by atoms with Crippen LogP contribution in [-0.2, 0) is 12.8 Å². The van der Waals surface area contributed by atoms with Gasteiger partial charge in [0.2, 0.25) is 6.79 Å². The van der Waals surface area contributed by atoms with Gasteiger partial charge in [-0.1, -0.05) is 11.6 Å². The van der Waals surface area contributed by atoms with Crippen LogP contribution in [0, 0.1) is 6.92 Å². The zero-order valence-electron chi connectivity index (χ0n) is 14.4. The Morgan fingerprint density at radius 3 is 2.57 bits per heavy atom. The molecule has 0 bridgehead atoms. The van der Waals surface area contributed by atoms with E-state index in [1.165, 1.54) is 19.1 Å². The Hall–Kier alpha value is -2.87. The number of fused-ring (bicyclic) bond motifs is 2. The summed E-state index contributed by atoms with van der Waals surface area (Å²) in [5.74, 6) is 1.32. The standard InChI is InChI=1S/C19H12ClF3O5/c1-9-14(25-7-10-4-15-16(6-13(10)20)27-8-26-15)3-2-11-12(19(21,22)23)5-17(24)28-18(9)11/h2-6H,7-8H2,1H3. The summed E-state index contributed by atoms with van der Waals surface area (Å²) in [6, 6.07) is 6.32. The number of ether oxygens (including phenoxy) is 3. The summed E-state index contributed by atoms with van der Waals surface area (Å²) in [6.45, 7) is 1.65. The zero-order valence-corrected chi connectivity index (χ0v) is 15.1. The van der Waals surface area contributed by atoms with Crippen LogP contribution in [-0.4, -0.2) is 6.79 Å². The van der Waals surface area contributed by atoms with Gasteiger partial charge in [0.1, 0.15) is 17.9 Å². The third-order valence-corrected chi connectivity index (χ3v) is 4.69. The number of rotatable bonds is 3. The first kappa shape index (κ1) is 18.5. The Bertz CT molecular complexity index is 1140. The van der Waals surface area contributed by atoms with Gasteiger partial charge in [-0.2, -0.15) is 13.2 Å². The molecule has 4 rings (SSSR count). The van der Waals surface area contributed by atoms with E-state index < -0.39 is 17.4 Å². The van der Waals surface area contributed by atoms with Gasteiger partial charge in [-0.25, -0.2) is 4.79 Å². The average Bonchev–Trinajstić information content (AvgIpc) is 3.07. The molecule has 0 amide bonds. The molecule has 0 saturated carbocycles. The lowest BCUT2D eigenvalue weighted by molar-refractivity contribution is -0.136. The van der Waals surface area contributed by atoms with Gasteiger partial charge in [-0.05, 0) is 25.1 Å². The smallest absolute Gasteiger partial charge is 0.417 e. The quantitative estimate of drug-likeness (QED) is 0.561. The monoisotopic (exact) mass is 412 g/mol. The van der Waals surface area contributed by atoms with Gasteiger partial charge in [-0.3, -0.25) is 0 Å². The van der Waals surface area contributed by atoms with Gasteiger partial charge >= 0.3 is 11.8 Å². The van der Waals surface area contributed by atoms with Gasteiger partial charge < -0.3 is 18.6 Å². The first-order chi connectivity index (χ1) is 13.2. The highest BCUT2D eigenvalue weighted by atomic mass is 35.5. The number of hydrogen-bond acceptors (Lipinski definition) is 5. The lowest BCUT2D eigenvalue weighted by atomic mass is 10.1. The molecule has 0 fully saturated rings. The first-order valence-corrected chi connectivity index (χ1v) is 8.47. The van der Waals surface area contributed by atoms with Crippen molar-refractivity contribution in [3.63, 3.8) is 0 Å². The van der Waals surface area contributed by atoms with Gasteiger partial charge in [0.15, 0.2) is 11.5 Å². The second-order valence-corrected chi connectivity index (χ2v) is 6.54. The van der Waals surface area contributed by atoms with E-state index in [1.54, 1.807) is 12.1 Å². The third kappa shape index (κ3) is 3.24. The predicted molar refractivity (Wildman–Crippen MR) is 94.1 cm³/mol. The fourth-order valence-corrected chi connectivity index (χ4v) is 3.17. The molecular weight excluding hydrogens is 401 g/mol. The molecule has 0 atom stereocenters. The van der Waals surface area contributed by atoms with Crippen molar-refractivity contribution in [3.05, 3.63) is 62.5 Å². The molecule has 1 aliphatic rings. The fourth-order valence-electron chi connectivity index (χ4n) is 2.96. The highest BCUT2D eigenvalue weighted by molar-refractivity contribution is 6.31. The summed E-state index contributed by atoms with van der Waals surface area (Å²) in [5.41, 5.74) is -1.42. The minimum absolute atomic E-state index is 0.0328. The molecule has 2 aromatic carbocycles. The highest BCUT2D eigenvalue weighted by Crippen LogP contribution is 2.39. The summed E-state index contributed by atoms with van der Waals surface area (Å²) < 4.78 is 60.9. The van der Waals surface area contributed by atoms with E-state index in [-0.39, 0.29) is 35.7 Å². The van der Waals surface area contributed by atoms with Crippen molar-refractivity contribution in [1.29, 1.82) is 0 Å². The van der Waals surface area contributed by atoms with E-state index >= 15 is 0 Å². The SMILES string of the molecule is Cc1c(OCc2cc3c(cc2Cl)OCO3)ccc2c(C(F)(F)F)cc(=O)oc12. The molecule has 9 heteroatoms. The molecule has 28 heavy (non-hydrogen) atoms. The Morgan fingerprint density at radius 1 is 1.14 bits per heavy atom. The van der Waals surface area contributed by atoms with Crippen molar-refractivity contribution in [1.82, 2.24) is 0 Å². The fraction of sp³-hybridized carbons (Fsp3) is 0.211. The van der Waals surface area contributed by atoms with Gasteiger partial charge in [-0.15, -0.1) is 0 Å². The van der Waals surface area contributed by atoms with Crippen LogP contribution in [0.4, 0.5) is 13.2 Å². The lowest BCUT2D eigenvalue weighted by Gasteiger charge is -2.14. The number of hydrogen-bond donors (Lipinski definition) is 0. The van der Waals surface area contributed by atoms with Crippen LogP contribution in [0.1, 0.15) is 16.7 Å². The Balaban J connectivity index is 1.69. The summed E-state index contributed by atoms with van der Waals surface area (Å²) in [5, 5.41) is 0.187. The maximum absolute atomic E-state index is 13.2. The maximum Gasteiger partial charge on any atom is 0.417 e. The van der Waals surface area contributed by atoms with E-state index in [1.807, 2.05) is 0 Å². The van der Waals surface area contributed by atoms with Crippen LogP contribution >= 0.6 is 11.6 Å². The molecule has 0 N–H and O–H groups in total. The zero-order chi connectivity index (χ0) is 20.1. The van der Waals surface area contributed by atoms with Crippen LogP contribution in [0.3, 0.4) is 0 Å². The number of halogens is 4. The molecule has 3 aromatic rings. The van der Waals surface area contributed by atoms with E-state index in [0.29, 0.717) is 28.2 Å². The van der Waals surface area contributed by atoms with Crippen LogP contribution in [0.25, 0.3) is 11.0 Å². The molecule has 0 saturated heterocycles.